The second-order valence-electron chi connectivity index (χ2n) is 5.10. The van der Waals surface area contributed by atoms with Crippen molar-refractivity contribution in [1.82, 2.24) is 0 Å². The molecule has 1 fully saturated rings. The van der Waals surface area contributed by atoms with Gasteiger partial charge in [-0.05, 0) is 35.7 Å². The highest BCUT2D eigenvalue weighted by atomic mass is 32.1. The Morgan fingerprint density at radius 1 is 1.27 bits per heavy atom. The summed E-state index contributed by atoms with van der Waals surface area (Å²) >= 11 is 1.65. The third-order valence-electron chi connectivity index (χ3n) is 3.70. The zero-order valence-electron chi connectivity index (χ0n) is 12.2. The molecule has 2 amide bonds. The number of methoxy groups -OCH3 is 1. The molecule has 0 bridgehead atoms. The summed E-state index contributed by atoms with van der Waals surface area (Å²) < 4.78 is 5.09. The number of thiophene rings is 1. The van der Waals surface area contributed by atoms with Crippen LogP contribution in [0.1, 0.15) is 11.3 Å². The highest BCUT2D eigenvalue weighted by Gasteiger charge is 2.42. The van der Waals surface area contributed by atoms with Gasteiger partial charge in [0.1, 0.15) is 12.3 Å². The number of hydrogen-bond acceptors (Lipinski definition) is 4. The summed E-state index contributed by atoms with van der Waals surface area (Å²) in [6.07, 6.45) is 0.246. The molecule has 1 saturated heterocycles. The third kappa shape index (κ3) is 2.88. The number of quaternary nitrogens is 1. The van der Waals surface area contributed by atoms with Gasteiger partial charge in [-0.2, -0.15) is 0 Å². The topological polar surface area (TPSA) is 63.2 Å². The Morgan fingerprint density at radius 2 is 2.05 bits per heavy atom. The van der Waals surface area contributed by atoms with Gasteiger partial charge < -0.3 is 10.1 Å². The fourth-order valence-corrected chi connectivity index (χ4v) is 3.21. The number of ether oxygens (including phenoxy) is 1. The maximum Gasteiger partial charge on any atom is 0.292 e. The second kappa shape index (κ2) is 6.29. The molecule has 0 unspecified atom stereocenters. The number of anilines is 1. The molecule has 0 aliphatic carbocycles. The number of carbonyl (C=O) groups excluding carboxylic acids is 2. The lowest BCUT2D eigenvalue weighted by molar-refractivity contribution is -0.689. The first kappa shape index (κ1) is 14.7. The Morgan fingerprint density at radius 3 is 2.68 bits per heavy atom. The first-order valence-corrected chi connectivity index (χ1v) is 7.93. The molecule has 1 aliphatic rings. The van der Waals surface area contributed by atoms with Crippen molar-refractivity contribution >= 4 is 28.8 Å². The summed E-state index contributed by atoms with van der Waals surface area (Å²) in [4.78, 5) is 27.1. The second-order valence-corrected chi connectivity index (χ2v) is 6.13. The van der Waals surface area contributed by atoms with Crippen LogP contribution in [0.15, 0.2) is 41.8 Å². The average molecular weight is 317 g/mol. The molecule has 5 nitrogen and oxygen atoms in total. The van der Waals surface area contributed by atoms with E-state index in [0.717, 1.165) is 6.54 Å². The molecule has 114 valence electrons. The number of rotatable bonds is 5. The van der Waals surface area contributed by atoms with Crippen molar-refractivity contribution in [2.45, 2.75) is 19.0 Å². The van der Waals surface area contributed by atoms with Crippen molar-refractivity contribution in [3.8, 4) is 5.75 Å². The Bertz CT molecular complexity index is 667. The van der Waals surface area contributed by atoms with E-state index in [1.807, 2.05) is 22.8 Å². The molecule has 0 spiro atoms. The zero-order chi connectivity index (χ0) is 15.5. The predicted molar refractivity (Wildman–Crippen MR) is 83.8 cm³/mol. The molecule has 0 radical (unpaired) electrons. The van der Waals surface area contributed by atoms with Crippen LogP contribution >= 0.6 is 11.3 Å². The quantitative estimate of drug-likeness (QED) is 0.842. The number of imide groups is 1. The standard InChI is InChI=1S/C16H16N2O3S/c1-21-12-6-4-11(5-7-12)18-15(19)9-14(16(18)20)17-10-13-3-2-8-22-13/h2-8,14,17H,9-10H2,1H3/p+1/t14-/m1/s1. The highest BCUT2D eigenvalue weighted by Crippen LogP contribution is 2.24. The van der Waals surface area contributed by atoms with Gasteiger partial charge in [0.2, 0.25) is 5.91 Å². The van der Waals surface area contributed by atoms with E-state index in [1.54, 1.807) is 42.7 Å². The fraction of sp³-hybridized carbons (Fsp3) is 0.250. The van der Waals surface area contributed by atoms with Gasteiger partial charge in [0.05, 0.1) is 24.1 Å². The van der Waals surface area contributed by atoms with E-state index < -0.39 is 0 Å². The summed E-state index contributed by atoms with van der Waals surface area (Å²) in [5.41, 5.74) is 0.600. The lowest BCUT2D eigenvalue weighted by Crippen LogP contribution is -2.90. The summed E-state index contributed by atoms with van der Waals surface area (Å²) in [6, 6.07) is 10.6. The molecule has 2 aromatic rings. The van der Waals surface area contributed by atoms with Crippen molar-refractivity contribution in [3.63, 3.8) is 0 Å². The van der Waals surface area contributed by atoms with Crippen LogP contribution in [0.2, 0.25) is 0 Å². The van der Waals surface area contributed by atoms with Crippen molar-refractivity contribution in [2.75, 3.05) is 12.0 Å². The van der Waals surface area contributed by atoms with Gasteiger partial charge in [-0.15, -0.1) is 11.3 Å². The van der Waals surface area contributed by atoms with Crippen LogP contribution in [0.3, 0.4) is 0 Å². The van der Waals surface area contributed by atoms with Crippen molar-refractivity contribution in [3.05, 3.63) is 46.7 Å². The molecule has 1 aromatic heterocycles. The van der Waals surface area contributed by atoms with Crippen molar-refractivity contribution < 1.29 is 19.6 Å². The van der Waals surface area contributed by atoms with Crippen LogP contribution in [0.5, 0.6) is 5.75 Å². The van der Waals surface area contributed by atoms with Gasteiger partial charge in [-0.1, -0.05) is 6.07 Å². The van der Waals surface area contributed by atoms with Crippen LogP contribution in [-0.2, 0) is 16.1 Å². The molecular weight excluding hydrogens is 300 g/mol. The van der Waals surface area contributed by atoms with E-state index in [2.05, 4.69) is 0 Å². The summed E-state index contributed by atoms with van der Waals surface area (Å²) in [5, 5.41) is 3.95. The summed E-state index contributed by atoms with van der Waals surface area (Å²) in [5.74, 6) is 0.401. The number of hydrogen-bond donors (Lipinski definition) is 1. The first-order valence-electron chi connectivity index (χ1n) is 7.05. The van der Waals surface area contributed by atoms with Gasteiger partial charge >= 0.3 is 0 Å². The molecule has 0 saturated carbocycles. The Labute approximate surface area is 132 Å². The molecule has 6 heteroatoms. The minimum atomic E-state index is -0.336. The lowest BCUT2D eigenvalue weighted by Gasteiger charge is -2.14. The number of carbonyl (C=O) groups is 2. The first-order chi connectivity index (χ1) is 10.7. The van der Waals surface area contributed by atoms with Crippen molar-refractivity contribution in [2.24, 2.45) is 0 Å². The van der Waals surface area contributed by atoms with E-state index in [4.69, 9.17) is 4.74 Å². The maximum atomic E-state index is 12.5. The van der Waals surface area contributed by atoms with Gasteiger partial charge in [-0.25, -0.2) is 4.90 Å². The van der Waals surface area contributed by atoms with E-state index in [9.17, 15) is 9.59 Å². The monoisotopic (exact) mass is 317 g/mol. The van der Waals surface area contributed by atoms with Gasteiger partial charge in [0.25, 0.3) is 5.91 Å². The van der Waals surface area contributed by atoms with E-state index in [0.29, 0.717) is 11.4 Å². The molecule has 2 N–H and O–H groups in total. The van der Waals surface area contributed by atoms with Gasteiger partial charge in [0, 0.05) is 0 Å². The SMILES string of the molecule is COc1ccc(N2C(=O)C[C@@H]([NH2+]Cc3cccs3)C2=O)cc1. The van der Waals surface area contributed by atoms with E-state index >= 15 is 0 Å². The van der Waals surface area contributed by atoms with Crippen LogP contribution in [-0.4, -0.2) is 25.0 Å². The maximum absolute atomic E-state index is 12.5. The number of nitrogens with two attached hydrogens (primary N) is 1. The molecule has 22 heavy (non-hydrogen) atoms. The number of amides is 2. The largest absolute Gasteiger partial charge is 0.497 e. The molecule has 1 aliphatic heterocycles. The van der Waals surface area contributed by atoms with Crippen LogP contribution in [0.25, 0.3) is 0 Å². The summed E-state index contributed by atoms with van der Waals surface area (Å²) in [6.45, 7) is 0.720. The van der Waals surface area contributed by atoms with E-state index in [-0.39, 0.29) is 24.3 Å². The zero-order valence-corrected chi connectivity index (χ0v) is 13.0. The Kier molecular flexibility index (Phi) is 4.22. The fourth-order valence-electron chi connectivity index (χ4n) is 2.53. The van der Waals surface area contributed by atoms with Gasteiger partial charge in [0.15, 0.2) is 6.04 Å². The Balaban J connectivity index is 1.70. The lowest BCUT2D eigenvalue weighted by atomic mass is 10.2. The smallest absolute Gasteiger partial charge is 0.292 e. The summed E-state index contributed by atoms with van der Waals surface area (Å²) in [7, 11) is 1.58. The predicted octanol–water partition coefficient (Wildman–Crippen LogP) is 1.15. The third-order valence-corrected chi connectivity index (χ3v) is 4.59. The van der Waals surface area contributed by atoms with Crippen molar-refractivity contribution in [1.29, 1.82) is 0 Å². The van der Waals surface area contributed by atoms with Crippen LogP contribution in [0, 0.1) is 0 Å². The highest BCUT2D eigenvalue weighted by molar-refractivity contribution is 7.09. The minimum absolute atomic E-state index is 0.147. The Hall–Kier alpha value is -2.18. The van der Waals surface area contributed by atoms with Crippen LogP contribution < -0.4 is 15.0 Å². The minimum Gasteiger partial charge on any atom is -0.497 e. The average Bonchev–Trinajstić information content (AvgIpc) is 3.14. The van der Waals surface area contributed by atoms with Crippen LogP contribution in [0.4, 0.5) is 5.69 Å². The molecule has 1 atom stereocenters. The molecular formula is C16H17N2O3S+. The molecule has 3 rings (SSSR count). The molecule has 2 heterocycles. The number of benzene rings is 1. The number of nitrogens with zero attached hydrogens (tertiary/aromatic N) is 1. The van der Waals surface area contributed by atoms with E-state index in [1.165, 1.54) is 9.78 Å². The normalized spacial score (nSPS) is 18.0. The van der Waals surface area contributed by atoms with Gasteiger partial charge in [-0.3, -0.25) is 9.59 Å². The molecule has 1 aromatic carbocycles.